The summed E-state index contributed by atoms with van der Waals surface area (Å²) in [6.07, 6.45) is 1.99. The molecular weight excluding hydrogens is 249 g/mol. The molecule has 0 atom stereocenters. The average Bonchev–Trinajstić information content (AvgIpc) is 2.39. The van der Waals surface area contributed by atoms with Gasteiger partial charge < -0.3 is 5.32 Å². The lowest BCUT2D eigenvalue weighted by molar-refractivity contribution is -0.384. The van der Waals surface area contributed by atoms with Crippen molar-refractivity contribution >= 4 is 11.5 Å². The van der Waals surface area contributed by atoms with Crippen LogP contribution >= 0.6 is 0 Å². The number of rotatable bonds is 5. The molecule has 5 nitrogen and oxygen atoms in total. The summed E-state index contributed by atoms with van der Waals surface area (Å²) in [5.41, 5.74) is 0.848. The van der Waals surface area contributed by atoms with Crippen molar-refractivity contribution in [1.82, 2.24) is 4.98 Å². The van der Waals surface area contributed by atoms with Crippen LogP contribution < -0.4 is 5.32 Å². The zero-order valence-corrected chi connectivity index (χ0v) is 10.0. The Hall–Kier alpha value is -2.50. The number of nitrogens with zero attached hydrogens (tertiary/aromatic N) is 2. The van der Waals surface area contributed by atoms with Gasteiger partial charge in [0.1, 0.15) is 11.6 Å². The summed E-state index contributed by atoms with van der Waals surface area (Å²) >= 11 is 0. The Balaban J connectivity index is 1.92. The maximum atomic E-state index is 13.0. The third-order valence-electron chi connectivity index (χ3n) is 2.56. The molecule has 1 aromatic heterocycles. The van der Waals surface area contributed by atoms with Gasteiger partial charge in [-0.3, -0.25) is 10.1 Å². The van der Waals surface area contributed by atoms with Gasteiger partial charge in [-0.05, 0) is 24.1 Å². The number of nitrogens with one attached hydrogen (secondary N) is 1. The van der Waals surface area contributed by atoms with Crippen LogP contribution in [0.25, 0.3) is 0 Å². The SMILES string of the molecule is O=[N+]([O-])c1ccnc(NCCc2cccc(F)c2)c1. The summed E-state index contributed by atoms with van der Waals surface area (Å²) in [6, 6.07) is 9.02. The normalized spacial score (nSPS) is 10.2. The first-order chi connectivity index (χ1) is 9.15. The van der Waals surface area contributed by atoms with Crippen molar-refractivity contribution in [1.29, 1.82) is 0 Å². The number of pyridine rings is 1. The Kier molecular flexibility index (Phi) is 4.02. The molecule has 0 aliphatic heterocycles. The minimum atomic E-state index is -0.473. The van der Waals surface area contributed by atoms with Crippen molar-refractivity contribution in [2.24, 2.45) is 0 Å². The standard InChI is InChI=1S/C13H12FN3O2/c14-11-3-1-2-10(8-11)4-6-15-13-9-12(17(18)19)5-7-16-13/h1-3,5,7-9H,4,6H2,(H,15,16). The summed E-state index contributed by atoms with van der Waals surface area (Å²) in [5.74, 6) is 0.163. The third-order valence-corrected chi connectivity index (χ3v) is 2.56. The molecule has 2 aromatic rings. The molecule has 0 amide bonds. The zero-order chi connectivity index (χ0) is 13.7. The minimum absolute atomic E-state index is 0.0109. The van der Waals surface area contributed by atoms with Crippen LogP contribution in [0.15, 0.2) is 42.6 Å². The molecule has 0 aliphatic rings. The number of nitro groups is 1. The molecule has 19 heavy (non-hydrogen) atoms. The van der Waals surface area contributed by atoms with Crippen LogP contribution in [-0.4, -0.2) is 16.5 Å². The van der Waals surface area contributed by atoms with Crippen LogP contribution in [0.3, 0.4) is 0 Å². The molecule has 0 saturated heterocycles. The highest BCUT2D eigenvalue weighted by atomic mass is 19.1. The molecule has 0 saturated carbocycles. The van der Waals surface area contributed by atoms with Crippen molar-refractivity contribution in [2.75, 3.05) is 11.9 Å². The third kappa shape index (κ3) is 3.74. The van der Waals surface area contributed by atoms with Gasteiger partial charge in [0.2, 0.25) is 0 Å². The Morgan fingerprint density at radius 2 is 2.16 bits per heavy atom. The number of anilines is 1. The second-order valence-corrected chi connectivity index (χ2v) is 3.96. The lowest BCUT2D eigenvalue weighted by Crippen LogP contribution is -2.06. The van der Waals surface area contributed by atoms with Crippen LogP contribution in [0.2, 0.25) is 0 Å². The fraction of sp³-hybridized carbons (Fsp3) is 0.154. The molecule has 1 N–H and O–H groups in total. The minimum Gasteiger partial charge on any atom is -0.370 e. The molecule has 0 radical (unpaired) electrons. The maximum absolute atomic E-state index is 13.0. The summed E-state index contributed by atoms with van der Waals surface area (Å²) in [4.78, 5) is 14.1. The molecule has 6 heteroatoms. The van der Waals surface area contributed by atoms with Crippen LogP contribution in [0.1, 0.15) is 5.56 Å². The highest BCUT2D eigenvalue weighted by Crippen LogP contribution is 2.14. The summed E-state index contributed by atoms with van der Waals surface area (Å²) in [5, 5.41) is 13.6. The lowest BCUT2D eigenvalue weighted by atomic mass is 10.1. The van der Waals surface area contributed by atoms with Gasteiger partial charge in [-0.2, -0.15) is 0 Å². The Bertz CT molecular complexity index is 590. The van der Waals surface area contributed by atoms with E-state index in [1.54, 1.807) is 6.07 Å². The van der Waals surface area contributed by atoms with Gasteiger partial charge in [0, 0.05) is 18.8 Å². The van der Waals surface area contributed by atoms with E-state index >= 15 is 0 Å². The second kappa shape index (κ2) is 5.90. The predicted octanol–water partition coefficient (Wildman–Crippen LogP) is 2.78. The molecule has 0 fully saturated rings. The molecule has 0 unspecified atom stereocenters. The predicted molar refractivity (Wildman–Crippen MR) is 69.5 cm³/mol. The first-order valence-electron chi connectivity index (χ1n) is 5.74. The van der Waals surface area contributed by atoms with E-state index in [4.69, 9.17) is 0 Å². The van der Waals surface area contributed by atoms with Gasteiger partial charge in [0.25, 0.3) is 5.69 Å². The summed E-state index contributed by atoms with van der Waals surface area (Å²) < 4.78 is 13.0. The maximum Gasteiger partial charge on any atom is 0.274 e. The van der Waals surface area contributed by atoms with E-state index in [2.05, 4.69) is 10.3 Å². The second-order valence-electron chi connectivity index (χ2n) is 3.96. The van der Waals surface area contributed by atoms with Crippen LogP contribution in [-0.2, 0) is 6.42 Å². The largest absolute Gasteiger partial charge is 0.370 e. The molecule has 2 rings (SSSR count). The number of aromatic nitrogens is 1. The average molecular weight is 261 g/mol. The summed E-state index contributed by atoms with van der Waals surface area (Å²) in [7, 11) is 0. The van der Waals surface area contributed by atoms with Gasteiger partial charge in [0.05, 0.1) is 11.0 Å². The van der Waals surface area contributed by atoms with Gasteiger partial charge in [-0.15, -0.1) is 0 Å². The van der Waals surface area contributed by atoms with Crippen LogP contribution in [0, 0.1) is 15.9 Å². The van der Waals surface area contributed by atoms with Gasteiger partial charge in [0.15, 0.2) is 0 Å². The van der Waals surface area contributed by atoms with Crippen molar-refractivity contribution in [2.45, 2.75) is 6.42 Å². The van der Waals surface area contributed by atoms with E-state index in [1.165, 1.54) is 30.5 Å². The van der Waals surface area contributed by atoms with Crippen molar-refractivity contribution < 1.29 is 9.31 Å². The Morgan fingerprint density at radius 3 is 2.89 bits per heavy atom. The first-order valence-corrected chi connectivity index (χ1v) is 5.74. The fourth-order valence-electron chi connectivity index (χ4n) is 1.66. The molecule has 1 aromatic carbocycles. The fourth-order valence-corrected chi connectivity index (χ4v) is 1.66. The van der Waals surface area contributed by atoms with E-state index in [0.29, 0.717) is 18.8 Å². The van der Waals surface area contributed by atoms with E-state index in [-0.39, 0.29) is 11.5 Å². The number of hydrogen-bond donors (Lipinski definition) is 1. The Morgan fingerprint density at radius 1 is 1.32 bits per heavy atom. The molecule has 98 valence electrons. The number of hydrogen-bond acceptors (Lipinski definition) is 4. The van der Waals surface area contributed by atoms with Gasteiger partial charge in [-0.1, -0.05) is 12.1 Å². The van der Waals surface area contributed by atoms with Crippen molar-refractivity contribution in [3.05, 3.63) is 64.1 Å². The van der Waals surface area contributed by atoms with Gasteiger partial charge in [-0.25, -0.2) is 9.37 Å². The van der Waals surface area contributed by atoms with Crippen molar-refractivity contribution in [3.63, 3.8) is 0 Å². The smallest absolute Gasteiger partial charge is 0.274 e. The molecular formula is C13H12FN3O2. The van der Waals surface area contributed by atoms with E-state index in [9.17, 15) is 14.5 Å². The van der Waals surface area contributed by atoms with E-state index in [1.807, 2.05) is 6.07 Å². The molecule has 0 aliphatic carbocycles. The summed E-state index contributed by atoms with van der Waals surface area (Å²) in [6.45, 7) is 0.525. The van der Waals surface area contributed by atoms with Crippen LogP contribution in [0.4, 0.5) is 15.9 Å². The zero-order valence-electron chi connectivity index (χ0n) is 10.0. The first kappa shape index (κ1) is 12.9. The monoisotopic (exact) mass is 261 g/mol. The topological polar surface area (TPSA) is 68.1 Å². The molecule has 0 spiro atoms. The highest BCUT2D eigenvalue weighted by molar-refractivity contribution is 5.44. The highest BCUT2D eigenvalue weighted by Gasteiger charge is 2.06. The number of benzene rings is 1. The molecule has 1 heterocycles. The number of halogens is 1. The van der Waals surface area contributed by atoms with E-state index in [0.717, 1.165) is 5.56 Å². The van der Waals surface area contributed by atoms with Crippen molar-refractivity contribution in [3.8, 4) is 0 Å². The van der Waals surface area contributed by atoms with E-state index < -0.39 is 4.92 Å². The Labute approximate surface area is 109 Å². The molecule has 0 bridgehead atoms. The quantitative estimate of drug-likeness (QED) is 0.663. The van der Waals surface area contributed by atoms with Crippen LogP contribution in [0.5, 0.6) is 0 Å². The lowest BCUT2D eigenvalue weighted by Gasteiger charge is -2.05. The van der Waals surface area contributed by atoms with Gasteiger partial charge >= 0.3 is 0 Å².